The third-order valence-corrected chi connectivity index (χ3v) is 5.00. The number of methoxy groups -OCH3 is 1. The van der Waals surface area contributed by atoms with Gasteiger partial charge in [-0.2, -0.15) is 0 Å². The van der Waals surface area contributed by atoms with E-state index in [2.05, 4.69) is 35.4 Å². The van der Waals surface area contributed by atoms with Crippen LogP contribution in [0.3, 0.4) is 0 Å². The van der Waals surface area contributed by atoms with Gasteiger partial charge in [0.05, 0.1) is 0 Å². The molecule has 1 N–H and O–H groups in total. The molecule has 0 radical (unpaired) electrons. The van der Waals surface area contributed by atoms with Crippen molar-refractivity contribution in [3.8, 4) is 5.75 Å². The van der Waals surface area contributed by atoms with Gasteiger partial charge in [-0.15, -0.1) is 0 Å². The topological polar surface area (TPSA) is 21.3 Å². The molecule has 2 nitrogen and oxygen atoms in total. The number of benzene rings is 1. The van der Waals surface area contributed by atoms with E-state index >= 15 is 0 Å². The van der Waals surface area contributed by atoms with E-state index in [-0.39, 0.29) is 0 Å². The molecule has 2 rings (SSSR count). The van der Waals surface area contributed by atoms with E-state index in [0.29, 0.717) is 20.5 Å². The van der Waals surface area contributed by atoms with Gasteiger partial charge in [0.15, 0.2) is 0 Å². The van der Waals surface area contributed by atoms with Gasteiger partial charge in [-0.1, -0.05) is 0 Å². The molecule has 0 spiro atoms. The molecule has 0 fully saturated rings. The third-order valence-electron chi connectivity index (χ3n) is 2.88. The van der Waals surface area contributed by atoms with Crippen LogP contribution in [0.15, 0.2) is 23.1 Å². The second-order valence-electron chi connectivity index (χ2n) is 4.02. The quantitative estimate of drug-likeness (QED) is 0.867. The van der Waals surface area contributed by atoms with Gasteiger partial charge >= 0.3 is 102 Å². The number of ether oxygens (including phenoxy) is 1. The minimum atomic E-state index is 0.504. The average molecular weight is 282 g/mol. The summed E-state index contributed by atoms with van der Waals surface area (Å²) in [7, 11) is 3.74. The molecule has 86 valence electrons. The first-order chi connectivity index (χ1) is 7.74. The van der Waals surface area contributed by atoms with Crippen LogP contribution >= 0.6 is 0 Å². The van der Waals surface area contributed by atoms with Gasteiger partial charge in [-0.25, -0.2) is 0 Å². The maximum atomic E-state index is 5.28. The van der Waals surface area contributed by atoms with Crippen molar-refractivity contribution in [2.75, 3.05) is 14.2 Å². The molecule has 0 bridgehead atoms. The predicted octanol–water partition coefficient (Wildman–Crippen LogP) is 2.06. The Morgan fingerprint density at radius 2 is 2.25 bits per heavy atom. The summed E-state index contributed by atoms with van der Waals surface area (Å²) in [6.45, 7) is 2.21. The van der Waals surface area contributed by atoms with Crippen LogP contribution in [0.1, 0.15) is 12.5 Å². The van der Waals surface area contributed by atoms with Gasteiger partial charge < -0.3 is 0 Å². The zero-order chi connectivity index (χ0) is 11.5. The molecule has 1 unspecified atom stereocenters. The summed E-state index contributed by atoms with van der Waals surface area (Å²) in [6.07, 6.45) is 1.10. The molecule has 0 aliphatic carbocycles. The average Bonchev–Trinajstić information content (AvgIpc) is 2.71. The fourth-order valence-electron chi connectivity index (χ4n) is 1.78. The van der Waals surface area contributed by atoms with Gasteiger partial charge in [0.1, 0.15) is 0 Å². The molecular formula is C13H17NOSe. The van der Waals surface area contributed by atoms with Crippen molar-refractivity contribution in [3.05, 3.63) is 28.7 Å². The third kappa shape index (κ3) is 2.32. The molecule has 0 aliphatic heterocycles. The van der Waals surface area contributed by atoms with Gasteiger partial charge in [0, 0.05) is 0 Å². The van der Waals surface area contributed by atoms with Crippen LogP contribution in [-0.2, 0) is 6.42 Å². The van der Waals surface area contributed by atoms with Crippen LogP contribution in [0, 0.1) is 0 Å². The minimum absolute atomic E-state index is 0.504. The normalized spacial score (nSPS) is 12.9. The SMILES string of the molecule is CNC(C)Cc1c[se]c2ccc(OC)cc12. The standard InChI is InChI=1S/C13H17NOSe/c1-9(14-2)6-10-8-16-13-5-4-11(15-3)7-12(10)13/h4-5,7-9,14H,6H2,1-3H3. The molecule has 1 heterocycles. The van der Waals surface area contributed by atoms with E-state index in [9.17, 15) is 0 Å². The molecule has 0 amide bonds. The first-order valence-electron chi connectivity index (χ1n) is 5.46. The number of hydrogen-bond donors (Lipinski definition) is 1. The molecular weight excluding hydrogens is 265 g/mol. The molecule has 2 aromatic rings. The number of fused-ring (bicyclic) bond motifs is 1. The van der Waals surface area contributed by atoms with E-state index in [4.69, 9.17) is 4.74 Å². The Morgan fingerprint density at radius 3 is 2.94 bits per heavy atom. The van der Waals surface area contributed by atoms with Crippen molar-refractivity contribution >= 4 is 24.1 Å². The number of nitrogens with one attached hydrogen (secondary N) is 1. The Morgan fingerprint density at radius 1 is 1.44 bits per heavy atom. The molecule has 1 aromatic carbocycles. The van der Waals surface area contributed by atoms with E-state index in [0.717, 1.165) is 12.2 Å². The fraction of sp³-hybridized carbons (Fsp3) is 0.385. The summed E-state index contributed by atoms with van der Waals surface area (Å²) in [5, 5.41) is 4.68. The number of rotatable bonds is 4. The van der Waals surface area contributed by atoms with E-state index in [1.54, 1.807) is 7.11 Å². The van der Waals surface area contributed by atoms with Crippen molar-refractivity contribution < 1.29 is 4.74 Å². The second-order valence-corrected chi connectivity index (χ2v) is 5.93. The first-order valence-corrected chi connectivity index (χ1v) is 7.30. The Hall–Kier alpha value is -0.761. The van der Waals surface area contributed by atoms with E-state index in [1.165, 1.54) is 15.2 Å². The molecule has 3 heteroatoms. The number of hydrogen-bond acceptors (Lipinski definition) is 2. The fourth-order valence-corrected chi connectivity index (χ4v) is 3.78. The monoisotopic (exact) mass is 283 g/mol. The van der Waals surface area contributed by atoms with Crippen molar-refractivity contribution in [2.24, 2.45) is 0 Å². The second kappa shape index (κ2) is 5.05. The molecule has 1 atom stereocenters. The summed E-state index contributed by atoms with van der Waals surface area (Å²) >= 11 is 0.504. The summed E-state index contributed by atoms with van der Waals surface area (Å²) in [6, 6.07) is 6.94. The Bertz CT molecular complexity index is 478. The van der Waals surface area contributed by atoms with Crippen LogP contribution in [0.5, 0.6) is 5.75 Å². The summed E-state index contributed by atoms with van der Waals surface area (Å²) in [5.41, 5.74) is 1.47. The predicted molar refractivity (Wildman–Crippen MR) is 69.7 cm³/mol. The molecule has 0 saturated carbocycles. The van der Waals surface area contributed by atoms with Crippen LogP contribution in [0.25, 0.3) is 9.65 Å². The van der Waals surface area contributed by atoms with Gasteiger partial charge in [0.2, 0.25) is 0 Å². The van der Waals surface area contributed by atoms with Crippen molar-refractivity contribution in [3.63, 3.8) is 0 Å². The van der Waals surface area contributed by atoms with E-state index in [1.807, 2.05) is 7.05 Å². The Labute approximate surface area is 102 Å². The van der Waals surface area contributed by atoms with Gasteiger partial charge in [-0.3, -0.25) is 0 Å². The molecule has 0 aliphatic rings. The van der Waals surface area contributed by atoms with Crippen LogP contribution in [0.2, 0.25) is 0 Å². The first kappa shape index (κ1) is 11.7. The molecule has 16 heavy (non-hydrogen) atoms. The zero-order valence-electron chi connectivity index (χ0n) is 9.91. The summed E-state index contributed by atoms with van der Waals surface area (Å²) in [5.74, 6) is 0.958. The number of likely N-dealkylation sites (N-methyl/N-ethyl adjacent to an activating group) is 1. The van der Waals surface area contributed by atoms with Crippen molar-refractivity contribution in [1.29, 1.82) is 0 Å². The zero-order valence-corrected chi connectivity index (χ0v) is 11.6. The van der Waals surface area contributed by atoms with Crippen LogP contribution < -0.4 is 10.1 Å². The maximum absolute atomic E-state index is 5.28. The van der Waals surface area contributed by atoms with Crippen molar-refractivity contribution in [2.45, 2.75) is 19.4 Å². The molecule has 0 saturated heterocycles. The summed E-state index contributed by atoms with van der Waals surface area (Å²) < 4.78 is 6.76. The Balaban J connectivity index is 2.38. The summed E-state index contributed by atoms with van der Waals surface area (Å²) in [4.78, 5) is 2.39. The molecule has 1 aromatic heterocycles. The van der Waals surface area contributed by atoms with Crippen LogP contribution in [0.4, 0.5) is 0 Å². The van der Waals surface area contributed by atoms with Crippen LogP contribution in [-0.4, -0.2) is 34.7 Å². The van der Waals surface area contributed by atoms with Gasteiger partial charge in [0.25, 0.3) is 0 Å². The van der Waals surface area contributed by atoms with E-state index < -0.39 is 0 Å². The van der Waals surface area contributed by atoms with Crippen molar-refractivity contribution in [1.82, 2.24) is 5.32 Å². The van der Waals surface area contributed by atoms with Gasteiger partial charge in [-0.05, 0) is 0 Å². The Kier molecular flexibility index (Phi) is 3.70.